The molecule has 118 valence electrons. The predicted octanol–water partition coefficient (Wildman–Crippen LogP) is 1.40. The Morgan fingerprint density at radius 2 is 2.05 bits per heavy atom. The molecular weight excluding hydrogens is 314 g/mol. The van der Waals surface area contributed by atoms with Gasteiger partial charge in [-0.25, -0.2) is 16.8 Å². The molecule has 1 atom stereocenters. The van der Waals surface area contributed by atoms with Crippen molar-refractivity contribution in [2.45, 2.75) is 25.0 Å². The lowest BCUT2D eigenvalue weighted by molar-refractivity contribution is 0.319. The SMILES string of the molecule is CCCOc1ccccc1NS(=O)(=O)[C@H]1CCS(=O)(=O)C1. The van der Waals surface area contributed by atoms with Crippen molar-refractivity contribution in [3.8, 4) is 5.75 Å². The van der Waals surface area contributed by atoms with Crippen LogP contribution in [0.3, 0.4) is 0 Å². The number of rotatable bonds is 6. The smallest absolute Gasteiger partial charge is 0.236 e. The van der Waals surface area contributed by atoms with E-state index in [1.165, 1.54) is 0 Å². The maximum absolute atomic E-state index is 12.3. The van der Waals surface area contributed by atoms with Gasteiger partial charge < -0.3 is 4.74 Å². The van der Waals surface area contributed by atoms with Crippen molar-refractivity contribution in [1.82, 2.24) is 0 Å². The van der Waals surface area contributed by atoms with Crippen molar-refractivity contribution in [2.24, 2.45) is 0 Å². The maximum atomic E-state index is 12.3. The van der Waals surface area contributed by atoms with Gasteiger partial charge in [-0.3, -0.25) is 4.72 Å². The van der Waals surface area contributed by atoms with E-state index in [2.05, 4.69) is 4.72 Å². The highest BCUT2D eigenvalue weighted by Crippen LogP contribution is 2.28. The third-order valence-corrected chi connectivity index (χ3v) is 6.99. The molecule has 1 aliphatic heterocycles. The Morgan fingerprint density at radius 3 is 2.67 bits per heavy atom. The van der Waals surface area contributed by atoms with Crippen molar-refractivity contribution in [3.63, 3.8) is 0 Å². The summed E-state index contributed by atoms with van der Waals surface area (Å²) < 4.78 is 55.4. The number of hydrogen-bond donors (Lipinski definition) is 1. The molecule has 0 bridgehead atoms. The van der Waals surface area contributed by atoms with E-state index >= 15 is 0 Å². The minimum Gasteiger partial charge on any atom is -0.491 e. The molecule has 0 aromatic heterocycles. The van der Waals surface area contributed by atoms with E-state index in [0.717, 1.165) is 6.42 Å². The van der Waals surface area contributed by atoms with Crippen molar-refractivity contribution >= 4 is 25.5 Å². The maximum Gasteiger partial charge on any atom is 0.236 e. The van der Waals surface area contributed by atoms with Crippen molar-refractivity contribution < 1.29 is 21.6 Å². The van der Waals surface area contributed by atoms with Crippen LogP contribution in [0.4, 0.5) is 5.69 Å². The van der Waals surface area contributed by atoms with E-state index in [1.54, 1.807) is 24.3 Å². The number of benzene rings is 1. The van der Waals surface area contributed by atoms with Gasteiger partial charge in [-0.05, 0) is 25.0 Å². The molecule has 1 aromatic rings. The van der Waals surface area contributed by atoms with Gasteiger partial charge in [-0.1, -0.05) is 19.1 Å². The molecular formula is C13H19NO5S2. The van der Waals surface area contributed by atoms with E-state index in [4.69, 9.17) is 4.74 Å². The van der Waals surface area contributed by atoms with Crippen molar-refractivity contribution in [2.75, 3.05) is 22.8 Å². The summed E-state index contributed by atoms with van der Waals surface area (Å²) in [4.78, 5) is 0. The van der Waals surface area contributed by atoms with Crippen LogP contribution in [0.5, 0.6) is 5.75 Å². The first-order valence-electron chi connectivity index (χ1n) is 6.78. The molecule has 0 unspecified atom stereocenters. The summed E-state index contributed by atoms with van der Waals surface area (Å²) in [6.07, 6.45) is 0.942. The molecule has 1 fully saturated rings. The van der Waals surface area contributed by atoms with Gasteiger partial charge in [0.15, 0.2) is 9.84 Å². The van der Waals surface area contributed by atoms with E-state index in [1.807, 2.05) is 6.92 Å². The van der Waals surface area contributed by atoms with Crippen molar-refractivity contribution in [1.29, 1.82) is 0 Å². The van der Waals surface area contributed by atoms with Crippen LogP contribution in [0.1, 0.15) is 19.8 Å². The standard InChI is InChI=1S/C13H19NO5S2/c1-2-8-19-13-6-4-3-5-12(13)14-21(17,18)11-7-9-20(15,16)10-11/h3-6,11,14H,2,7-10H2,1H3/t11-/m0/s1. The Balaban J connectivity index is 2.17. The van der Waals surface area contributed by atoms with Crippen LogP contribution in [0.15, 0.2) is 24.3 Å². The molecule has 6 nitrogen and oxygen atoms in total. The number of sulfone groups is 1. The Hall–Kier alpha value is -1.28. The molecule has 8 heteroatoms. The van der Waals surface area contributed by atoms with Crippen molar-refractivity contribution in [3.05, 3.63) is 24.3 Å². The minimum absolute atomic E-state index is 0.0768. The summed E-state index contributed by atoms with van der Waals surface area (Å²) in [5.74, 6) is 0.0520. The molecule has 1 saturated heterocycles. The third kappa shape index (κ3) is 4.10. The van der Waals surface area contributed by atoms with Gasteiger partial charge in [-0.2, -0.15) is 0 Å². The second-order valence-corrected chi connectivity index (χ2v) is 9.21. The van der Waals surface area contributed by atoms with Gasteiger partial charge in [0.2, 0.25) is 10.0 Å². The number of sulfonamides is 1. The summed E-state index contributed by atoms with van der Waals surface area (Å²) in [5, 5.41) is -0.901. The molecule has 0 aliphatic carbocycles. The minimum atomic E-state index is -3.74. The Bertz CT molecular complexity index is 697. The first-order valence-corrected chi connectivity index (χ1v) is 10.1. The van der Waals surface area contributed by atoms with Crippen LogP contribution in [-0.4, -0.2) is 40.2 Å². The lowest BCUT2D eigenvalue weighted by Crippen LogP contribution is -2.29. The Labute approximate surface area is 125 Å². The molecule has 1 N–H and O–H groups in total. The fraction of sp³-hybridized carbons (Fsp3) is 0.538. The number of para-hydroxylation sites is 2. The topological polar surface area (TPSA) is 89.5 Å². The molecule has 1 aliphatic rings. The van der Waals surface area contributed by atoms with Gasteiger partial charge in [0, 0.05) is 0 Å². The largest absolute Gasteiger partial charge is 0.491 e. The predicted molar refractivity (Wildman–Crippen MR) is 81.8 cm³/mol. The molecule has 1 heterocycles. The van der Waals surface area contributed by atoms with Crippen LogP contribution in [0, 0.1) is 0 Å². The molecule has 1 aromatic carbocycles. The zero-order valence-corrected chi connectivity index (χ0v) is 13.4. The number of hydrogen-bond acceptors (Lipinski definition) is 5. The average molecular weight is 333 g/mol. The van der Waals surface area contributed by atoms with Gasteiger partial charge in [0.05, 0.1) is 29.0 Å². The van der Waals surface area contributed by atoms with Crippen LogP contribution < -0.4 is 9.46 Å². The molecule has 21 heavy (non-hydrogen) atoms. The zero-order chi connectivity index (χ0) is 15.5. The van der Waals surface area contributed by atoms with E-state index in [9.17, 15) is 16.8 Å². The highest BCUT2D eigenvalue weighted by Gasteiger charge is 2.37. The summed E-state index contributed by atoms with van der Waals surface area (Å²) in [6, 6.07) is 6.73. The summed E-state index contributed by atoms with van der Waals surface area (Å²) in [5.41, 5.74) is 0.343. The Kier molecular flexibility index (Phi) is 4.77. The third-order valence-electron chi connectivity index (χ3n) is 3.23. The van der Waals surface area contributed by atoms with Gasteiger partial charge in [0.1, 0.15) is 5.75 Å². The zero-order valence-electron chi connectivity index (χ0n) is 11.8. The van der Waals surface area contributed by atoms with Gasteiger partial charge >= 0.3 is 0 Å². The summed E-state index contributed by atoms with van der Waals surface area (Å²) >= 11 is 0. The van der Waals surface area contributed by atoms with Gasteiger partial charge in [0.25, 0.3) is 0 Å². The van der Waals surface area contributed by atoms with E-state index in [0.29, 0.717) is 18.0 Å². The highest BCUT2D eigenvalue weighted by atomic mass is 32.2. The highest BCUT2D eigenvalue weighted by molar-refractivity contribution is 7.97. The second-order valence-electron chi connectivity index (χ2n) is 5.02. The quantitative estimate of drug-likeness (QED) is 0.850. The van der Waals surface area contributed by atoms with Gasteiger partial charge in [-0.15, -0.1) is 0 Å². The molecule has 0 saturated carbocycles. The lowest BCUT2D eigenvalue weighted by atomic mass is 10.3. The average Bonchev–Trinajstić information content (AvgIpc) is 2.79. The van der Waals surface area contributed by atoms with Crippen LogP contribution in [-0.2, 0) is 19.9 Å². The number of ether oxygens (including phenoxy) is 1. The number of anilines is 1. The molecule has 2 rings (SSSR count). The van der Waals surface area contributed by atoms with Crippen LogP contribution >= 0.6 is 0 Å². The second kappa shape index (κ2) is 6.23. The van der Waals surface area contributed by atoms with E-state index in [-0.39, 0.29) is 17.9 Å². The van der Waals surface area contributed by atoms with Crippen LogP contribution in [0.25, 0.3) is 0 Å². The monoisotopic (exact) mass is 333 g/mol. The lowest BCUT2D eigenvalue weighted by Gasteiger charge is -2.15. The fourth-order valence-corrected chi connectivity index (χ4v) is 6.23. The first kappa shape index (κ1) is 16.1. The van der Waals surface area contributed by atoms with Crippen LogP contribution in [0.2, 0.25) is 0 Å². The van der Waals surface area contributed by atoms with E-state index < -0.39 is 25.1 Å². The fourth-order valence-electron chi connectivity index (χ4n) is 2.13. The Morgan fingerprint density at radius 1 is 1.33 bits per heavy atom. The summed E-state index contributed by atoms with van der Waals surface area (Å²) in [7, 11) is -6.99. The summed E-state index contributed by atoms with van der Waals surface area (Å²) in [6.45, 7) is 2.44. The first-order chi connectivity index (χ1) is 9.84. The molecule has 0 amide bonds. The number of nitrogens with one attached hydrogen (secondary N) is 1. The molecule has 0 spiro atoms. The molecule has 0 radical (unpaired) electrons. The normalized spacial score (nSPS) is 21.1.